The number of nitrogens with two attached hydrogens (primary N) is 1. The molecule has 3 rings (SSSR count). The Labute approximate surface area is 153 Å². The van der Waals surface area contributed by atoms with Crippen LogP contribution in [-0.2, 0) is 0 Å². The van der Waals surface area contributed by atoms with E-state index in [9.17, 15) is 9.59 Å². The standard InChI is InChI=1S/C18H22N4O2.ClH/c1-13-9-10-21(15(11-13)12-19)18(24)16-7-8-17(23)22(20-16)14-5-3-2-4-6-14;/h2-8,13,15H,9-12,19H2,1H3;1H. The van der Waals surface area contributed by atoms with Crippen LogP contribution in [0.5, 0.6) is 0 Å². The second kappa shape index (κ2) is 8.27. The van der Waals surface area contributed by atoms with Crippen LogP contribution in [0.1, 0.15) is 30.3 Å². The number of rotatable bonds is 3. The Morgan fingerprint density at radius 2 is 1.96 bits per heavy atom. The Kier molecular flexibility index (Phi) is 6.33. The van der Waals surface area contributed by atoms with Gasteiger partial charge in [-0.3, -0.25) is 9.59 Å². The zero-order chi connectivity index (χ0) is 17.1. The fourth-order valence-electron chi connectivity index (χ4n) is 3.17. The first-order valence-corrected chi connectivity index (χ1v) is 8.27. The number of hydrogen-bond acceptors (Lipinski definition) is 4. The van der Waals surface area contributed by atoms with Gasteiger partial charge in [0.2, 0.25) is 0 Å². The maximum atomic E-state index is 12.9. The van der Waals surface area contributed by atoms with Gasteiger partial charge >= 0.3 is 0 Å². The lowest BCUT2D eigenvalue weighted by Gasteiger charge is -2.37. The fraction of sp³-hybridized carbons (Fsp3) is 0.389. The second-order valence-electron chi connectivity index (χ2n) is 6.32. The molecule has 0 aliphatic carbocycles. The fourth-order valence-corrected chi connectivity index (χ4v) is 3.17. The Morgan fingerprint density at radius 1 is 1.24 bits per heavy atom. The van der Waals surface area contributed by atoms with Crippen LogP contribution >= 0.6 is 12.4 Å². The van der Waals surface area contributed by atoms with Gasteiger partial charge in [0.25, 0.3) is 11.5 Å². The second-order valence-corrected chi connectivity index (χ2v) is 6.32. The number of likely N-dealkylation sites (tertiary alicyclic amines) is 1. The Balaban J connectivity index is 0.00000225. The molecule has 2 N–H and O–H groups in total. The summed E-state index contributed by atoms with van der Waals surface area (Å²) in [5.74, 6) is 0.399. The molecule has 1 aliphatic rings. The minimum atomic E-state index is -0.264. The van der Waals surface area contributed by atoms with E-state index in [-0.39, 0.29) is 35.6 Å². The van der Waals surface area contributed by atoms with Crippen LogP contribution in [0.25, 0.3) is 5.69 Å². The molecule has 1 amide bonds. The van der Waals surface area contributed by atoms with E-state index < -0.39 is 0 Å². The van der Waals surface area contributed by atoms with Gasteiger partial charge in [0.1, 0.15) is 5.69 Å². The Morgan fingerprint density at radius 3 is 2.64 bits per heavy atom. The number of hydrogen-bond donors (Lipinski definition) is 1. The zero-order valence-electron chi connectivity index (χ0n) is 14.2. The first-order valence-electron chi connectivity index (χ1n) is 8.27. The van der Waals surface area contributed by atoms with Gasteiger partial charge in [-0.2, -0.15) is 9.78 Å². The highest BCUT2D eigenvalue weighted by Crippen LogP contribution is 2.23. The van der Waals surface area contributed by atoms with Gasteiger partial charge in [-0.25, -0.2) is 0 Å². The summed E-state index contributed by atoms with van der Waals surface area (Å²) in [4.78, 5) is 26.7. The van der Waals surface area contributed by atoms with Crippen LogP contribution in [0.15, 0.2) is 47.3 Å². The molecule has 1 aromatic heterocycles. The Bertz CT molecular complexity index is 778. The van der Waals surface area contributed by atoms with Crippen molar-refractivity contribution in [1.82, 2.24) is 14.7 Å². The number of piperidine rings is 1. The normalized spacial score (nSPS) is 20.0. The van der Waals surface area contributed by atoms with Gasteiger partial charge < -0.3 is 10.6 Å². The SMILES string of the molecule is CC1CCN(C(=O)c2ccc(=O)n(-c3ccccc3)n2)C(CN)C1.Cl. The summed E-state index contributed by atoms with van der Waals surface area (Å²) in [6, 6.07) is 12.0. The number of benzene rings is 1. The summed E-state index contributed by atoms with van der Waals surface area (Å²) in [6.07, 6.45) is 1.86. The van der Waals surface area contributed by atoms with Gasteiger partial charge in [-0.1, -0.05) is 25.1 Å². The molecule has 134 valence electrons. The third-order valence-electron chi connectivity index (χ3n) is 4.53. The molecule has 0 bridgehead atoms. The highest BCUT2D eigenvalue weighted by Gasteiger charge is 2.30. The maximum absolute atomic E-state index is 12.9. The maximum Gasteiger partial charge on any atom is 0.274 e. The lowest BCUT2D eigenvalue weighted by Crippen LogP contribution is -2.49. The van der Waals surface area contributed by atoms with Gasteiger partial charge in [0.15, 0.2) is 0 Å². The molecule has 7 heteroatoms. The van der Waals surface area contributed by atoms with Gasteiger partial charge in [0.05, 0.1) is 5.69 Å². The van der Waals surface area contributed by atoms with E-state index in [2.05, 4.69) is 12.0 Å². The van der Waals surface area contributed by atoms with Crippen LogP contribution in [-0.4, -0.2) is 39.7 Å². The lowest BCUT2D eigenvalue weighted by molar-refractivity contribution is 0.0565. The molecule has 0 saturated carbocycles. The van der Waals surface area contributed by atoms with Gasteiger partial charge in [0, 0.05) is 25.2 Å². The van der Waals surface area contributed by atoms with E-state index >= 15 is 0 Å². The van der Waals surface area contributed by atoms with Crippen molar-refractivity contribution in [2.75, 3.05) is 13.1 Å². The number of carbonyl (C=O) groups excluding carboxylic acids is 1. The molecular formula is C18H23ClN4O2. The van der Waals surface area contributed by atoms with Crippen molar-refractivity contribution in [2.45, 2.75) is 25.8 Å². The molecule has 2 aromatic rings. The first kappa shape index (κ1) is 19.1. The number of nitrogens with zero attached hydrogens (tertiary/aromatic N) is 3. The van der Waals surface area contributed by atoms with Crippen molar-refractivity contribution in [2.24, 2.45) is 11.7 Å². The number of para-hydroxylation sites is 1. The summed E-state index contributed by atoms with van der Waals surface area (Å²) >= 11 is 0. The number of amides is 1. The minimum Gasteiger partial charge on any atom is -0.333 e. The van der Waals surface area contributed by atoms with Crippen LogP contribution in [0, 0.1) is 5.92 Å². The van der Waals surface area contributed by atoms with Crippen molar-refractivity contribution < 1.29 is 4.79 Å². The summed E-state index contributed by atoms with van der Waals surface area (Å²) in [5, 5.41) is 4.28. The quantitative estimate of drug-likeness (QED) is 0.903. The molecule has 0 spiro atoms. The molecule has 0 radical (unpaired) electrons. The number of carbonyl (C=O) groups is 1. The molecule has 1 saturated heterocycles. The van der Waals surface area contributed by atoms with E-state index in [1.165, 1.54) is 16.8 Å². The average molecular weight is 363 g/mol. The van der Waals surface area contributed by atoms with E-state index in [4.69, 9.17) is 5.73 Å². The highest BCUT2D eigenvalue weighted by atomic mass is 35.5. The van der Waals surface area contributed by atoms with E-state index in [0.29, 0.717) is 24.7 Å². The highest BCUT2D eigenvalue weighted by molar-refractivity contribution is 5.92. The van der Waals surface area contributed by atoms with Crippen LogP contribution in [0.3, 0.4) is 0 Å². The van der Waals surface area contributed by atoms with E-state index in [0.717, 1.165) is 12.8 Å². The van der Waals surface area contributed by atoms with Crippen molar-refractivity contribution in [1.29, 1.82) is 0 Å². The summed E-state index contributed by atoms with van der Waals surface area (Å²) < 4.78 is 1.26. The van der Waals surface area contributed by atoms with E-state index in [1.54, 1.807) is 17.0 Å². The molecule has 2 atom stereocenters. The number of halogens is 1. The van der Waals surface area contributed by atoms with Crippen molar-refractivity contribution in [3.05, 3.63) is 58.5 Å². The molecular weight excluding hydrogens is 340 g/mol. The monoisotopic (exact) mass is 362 g/mol. The summed E-state index contributed by atoms with van der Waals surface area (Å²) in [5.41, 5.74) is 6.49. The zero-order valence-corrected chi connectivity index (χ0v) is 15.0. The van der Waals surface area contributed by atoms with Gasteiger partial charge in [-0.05, 0) is 37.0 Å². The van der Waals surface area contributed by atoms with Crippen LogP contribution in [0.2, 0.25) is 0 Å². The van der Waals surface area contributed by atoms with Gasteiger partial charge in [-0.15, -0.1) is 12.4 Å². The average Bonchev–Trinajstić information content (AvgIpc) is 2.62. The first-order chi connectivity index (χ1) is 11.6. The lowest BCUT2D eigenvalue weighted by atomic mass is 9.92. The largest absolute Gasteiger partial charge is 0.333 e. The predicted molar refractivity (Wildman–Crippen MR) is 99.4 cm³/mol. The smallest absolute Gasteiger partial charge is 0.274 e. The summed E-state index contributed by atoms with van der Waals surface area (Å²) in [7, 11) is 0. The molecule has 25 heavy (non-hydrogen) atoms. The predicted octanol–water partition coefficient (Wildman–Crippen LogP) is 1.85. The number of aromatic nitrogens is 2. The Hall–Kier alpha value is -2.18. The van der Waals surface area contributed by atoms with Crippen LogP contribution < -0.4 is 11.3 Å². The molecule has 2 heterocycles. The molecule has 1 fully saturated rings. The molecule has 1 aliphatic heterocycles. The van der Waals surface area contributed by atoms with Crippen molar-refractivity contribution >= 4 is 18.3 Å². The summed E-state index contributed by atoms with van der Waals surface area (Å²) in [6.45, 7) is 3.29. The molecule has 6 nitrogen and oxygen atoms in total. The van der Waals surface area contributed by atoms with E-state index in [1.807, 2.05) is 18.2 Å². The molecule has 1 aromatic carbocycles. The third kappa shape index (κ3) is 4.08. The van der Waals surface area contributed by atoms with Crippen LogP contribution in [0.4, 0.5) is 0 Å². The topological polar surface area (TPSA) is 81.2 Å². The van der Waals surface area contributed by atoms with Crippen molar-refractivity contribution in [3.63, 3.8) is 0 Å². The molecule has 2 unspecified atom stereocenters. The minimum absolute atomic E-state index is 0. The van der Waals surface area contributed by atoms with Crippen molar-refractivity contribution in [3.8, 4) is 5.69 Å². The third-order valence-corrected chi connectivity index (χ3v) is 4.53.